The molecule has 86 valence electrons. The van der Waals surface area contributed by atoms with E-state index in [1.54, 1.807) is 6.92 Å². The van der Waals surface area contributed by atoms with Gasteiger partial charge in [-0.15, -0.1) is 0 Å². The largest absolute Gasteiger partial charge is 0.363 e. The van der Waals surface area contributed by atoms with Crippen molar-refractivity contribution in [2.75, 3.05) is 5.33 Å². The normalized spacial score (nSPS) is 13.7. The zero-order chi connectivity index (χ0) is 11.8. The van der Waals surface area contributed by atoms with Gasteiger partial charge in [-0.3, -0.25) is 0 Å². The average Bonchev–Trinajstić information content (AvgIpc) is 2.21. The van der Waals surface area contributed by atoms with Gasteiger partial charge in [-0.25, -0.2) is 0 Å². The third kappa shape index (κ3) is 5.67. The van der Waals surface area contributed by atoms with Gasteiger partial charge in [0, 0.05) is 17.3 Å². The molecule has 0 bridgehead atoms. The summed E-state index contributed by atoms with van der Waals surface area (Å²) in [7, 11) is 0. The molecule has 0 saturated carbocycles. The molecule has 0 fully saturated rings. The molecule has 0 aromatic heterocycles. The van der Waals surface area contributed by atoms with Crippen molar-refractivity contribution in [1.29, 1.82) is 0 Å². The fourth-order valence-corrected chi connectivity index (χ4v) is 1.27. The van der Waals surface area contributed by atoms with E-state index in [0.29, 0.717) is 10.9 Å². The van der Waals surface area contributed by atoms with E-state index in [2.05, 4.69) is 27.8 Å². The van der Waals surface area contributed by atoms with Crippen molar-refractivity contribution >= 4 is 21.6 Å². The van der Waals surface area contributed by atoms with E-state index in [1.807, 2.05) is 6.92 Å². The molecule has 0 radical (unpaired) electrons. The highest BCUT2D eigenvalue weighted by Crippen LogP contribution is 2.11. The summed E-state index contributed by atoms with van der Waals surface area (Å²) in [6, 6.07) is 0. The third-order valence-electron chi connectivity index (χ3n) is 1.94. The number of nitrogens with zero attached hydrogens (tertiary/aromatic N) is 2. The van der Waals surface area contributed by atoms with Crippen LogP contribution in [0.5, 0.6) is 0 Å². The van der Waals surface area contributed by atoms with Gasteiger partial charge in [0.05, 0.1) is 0 Å². The molecule has 0 aromatic carbocycles. The van der Waals surface area contributed by atoms with E-state index in [0.717, 1.165) is 25.0 Å². The number of allylic oxidation sites excluding steroid dienone is 1. The molecule has 0 aromatic rings. The first-order valence-electron chi connectivity index (χ1n) is 4.97. The smallest absolute Gasteiger partial charge is 0.358 e. The Morgan fingerprint density at radius 2 is 2.07 bits per heavy atom. The number of alkyl halides is 1. The molecule has 4 nitrogen and oxygen atoms in total. The van der Waals surface area contributed by atoms with Crippen molar-refractivity contribution in [2.24, 2.45) is 4.99 Å². The van der Waals surface area contributed by atoms with Crippen LogP contribution < -0.4 is 0 Å². The third-order valence-corrected chi connectivity index (χ3v) is 2.79. The molecule has 0 saturated heterocycles. The Labute approximate surface area is 98.7 Å². The Kier molecular flexibility index (Phi) is 7.21. The predicted molar refractivity (Wildman–Crippen MR) is 66.1 cm³/mol. The van der Waals surface area contributed by atoms with Crippen LogP contribution in [-0.4, -0.2) is 16.0 Å². The Morgan fingerprint density at radius 3 is 2.47 bits per heavy atom. The van der Waals surface area contributed by atoms with Gasteiger partial charge in [0.25, 0.3) is 0 Å². The second-order valence-electron chi connectivity index (χ2n) is 3.45. The van der Waals surface area contributed by atoms with Crippen molar-refractivity contribution in [1.82, 2.24) is 0 Å². The summed E-state index contributed by atoms with van der Waals surface area (Å²) in [5.74, 6) is -0.0273. The Morgan fingerprint density at radius 1 is 1.47 bits per heavy atom. The average molecular weight is 277 g/mol. The Hall–Kier alpha value is -0.710. The molecule has 0 amide bonds. The molecule has 0 unspecified atom stereocenters. The van der Waals surface area contributed by atoms with Gasteiger partial charge < -0.3 is 10.1 Å². The minimum absolute atomic E-state index is 0.0273. The minimum atomic E-state index is -0.425. The number of rotatable bonds is 6. The van der Waals surface area contributed by atoms with E-state index in [1.165, 1.54) is 0 Å². The second kappa shape index (κ2) is 7.56. The molecule has 0 N–H and O–H groups in total. The fourth-order valence-electron chi connectivity index (χ4n) is 1.02. The lowest BCUT2D eigenvalue weighted by molar-refractivity contribution is -0.427. The van der Waals surface area contributed by atoms with Crippen molar-refractivity contribution in [3.63, 3.8) is 0 Å². The number of nitro groups is 1. The lowest BCUT2D eigenvalue weighted by Gasteiger charge is -1.98. The summed E-state index contributed by atoms with van der Waals surface area (Å²) in [4.78, 5) is 14.4. The molecule has 0 aliphatic carbocycles. The van der Waals surface area contributed by atoms with Gasteiger partial charge >= 0.3 is 5.82 Å². The fraction of sp³-hybridized carbons (Fsp3) is 0.700. The van der Waals surface area contributed by atoms with Crippen molar-refractivity contribution < 1.29 is 4.92 Å². The zero-order valence-electron chi connectivity index (χ0n) is 9.42. The van der Waals surface area contributed by atoms with E-state index < -0.39 is 4.92 Å². The highest BCUT2D eigenvalue weighted by atomic mass is 79.9. The molecule has 0 aliphatic heterocycles. The molecule has 0 heterocycles. The highest BCUT2D eigenvalue weighted by molar-refractivity contribution is 9.09. The summed E-state index contributed by atoms with van der Waals surface area (Å²) in [6.45, 7) is 5.63. The van der Waals surface area contributed by atoms with Crippen LogP contribution in [0.4, 0.5) is 0 Å². The first kappa shape index (κ1) is 14.3. The van der Waals surface area contributed by atoms with Crippen LogP contribution in [0, 0.1) is 10.1 Å². The minimum Gasteiger partial charge on any atom is -0.358 e. The molecule has 0 spiro atoms. The van der Waals surface area contributed by atoms with Gasteiger partial charge in [0.2, 0.25) is 0 Å². The summed E-state index contributed by atoms with van der Waals surface area (Å²) >= 11 is 3.19. The van der Waals surface area contributed by atoms with Crippen LogP contribution >= 0.6 is 15.9 Å². The van der Waals surface area contributed by atoms with E-state index in [-0.39, 0.29) is 5.82 Å². The quantitative estimate of drug-likeness (QED) is 0.322. The maximum absolute atomic E-state index is 10.7. The summed E-state index contributed by atoms with van der Waals surface area (Å²) in [6.07, 6.45) is 2.92. The van der Waals surface area contributed by atoms with Gasteiger partial charge in [0.15, 0.2) is 0 Å². The summed E-state index contributed by atoms with van der Waals surface area (Å²) in [5, 5.41) is 11.2. The maximum atomic E-state index is 10.7. The van der Waals surface area contributed by atoms with E-state index >= 15 is 0 Å². The van der Waals surface area contributed by atoms with Gasteiger partial charge in [0.1, 0.15) is 5.71 Å². The summed E-state index contributed by atoms with van der Waals surface area (Å²) < 4.78 is 0. The number of hydrogen-bond acceptors (Lipinski definition) is 3. The monoisotopic (exact) mass is 276 g/mol. The molecule has 0 rings (SSSR count). The molecule has 15 heavy (non-hydrogen) atoms. The summed E-state index contributed by atoms with van der Waals surface area (Å²) in [5.41, 5.74) is 1.47. The zero-order valence-corrected chi connectivity index (χ0v) is 11.0. The highest BCUT2D eigenvalue weighted by Gasteiger charge is 2.13. The lowest BCUT2D eigenvalue weighted by atomic mass is 10.2. The Bertz CT molecular complexity index is 285. The number of aliphatic imine (C=N–C) groups is 1. The first-order valence-corrected chi connectivity index (χ1v) is 6.09. The van der Waals surface area contributed by atoms with Crippen molar-refractivity contribution in [3.05, 3.63) is 21.5 Å². The lowest BCUT2D eigenvalue weighted by Crippen LogP contribution is -2.03. The number of unbranched alkanes of at least 4 members (excludes halogenated alkanes) is 1. The first-order chi connectivity index (χ1) is 7.02. The van der Waals surface area contributed by atoms with E-state index in [4.69, 9.17) is 0 Å². The van der Waals surface area contributed by atoms with Crippen LogP contribution in [0.1, 0.15) is 40.0 Å². The molecular formula is C10H17BrN2O2. The van der Waals surface area contributed by atoms with Crippen molar-refractivity contribution in [3.8, 4) is 0 Å². The standard InChI is InChI=1S/C10H17BrN2O2/c1-4-5-6-9(3)12-10(13(14)15)8(2)7-11/h4-7H2,1-3H3/b10-8-,12-9-. The van der Waals surface area contributed by atoms with Crippen LogP contribution in [0.2, 0.25) is 0 Å². The van der Waals surface area contributed by atoms with Crippen LogP contribution in [0.15, 0.2) is 16.4 Å². The van der Waals surface area contributed by atoms with Gasteiger partial charge in [-0.1, -0.05) is 29.3 Å². The van der Waals surface area contributed by atoms with Crippen LogP contribution in [0.25, 0.3) is 0 Å². The maximum Gasteiger partial charge on any atom is 0.363 e. The molecule has 0 aliphatic rings. The molecular weight excluding hydrogens is 260 g/mol. The van der Waals surface area contributed by atoms with Crippen LogP contribution in [0.3, 0.4) is 0 Å². The van der Waals surface area contributed by atoms with Crippen molar-refractivity contribution in [2.45, 2.75) is 40.0 Å². The van der Waals surface area contributed by atoms with Crippen LogP contribution in [-0.2, 0) is 0 Å². The topological polar surface area (TPSA) is 55.5 Å². The van der Waals surface area contributed by atoms with Gasteiger partial charge in [-0.2, -0.15) is 0 Å². The number of hydrogen-bond donors (Lipinski definition) is 0. The van der Waals surface area contributed by atoms with E-state index in [9.17, 15) is 10.1 Å². The SMILES string of the molecule is CCCC/C(C)=N\C(=C(/C)CBr)[N+](=O)[O-]. The molecule has 0 atom stereocenters. The Balaban J connectivity index is 4.75. The predicted octanol–water partition coefficient (Wildman–Crippen LogP) is 3.54. The molecule has 5 heteroatoms. The second-order valence-corrected chi connectivity index (χ2v) is 4.01. The van der Waals surface area contributed by atoms with Gasteiger partial charge in [-0.05, 0) is 30.2 Å². The number of halogens is 1.